The number of aryl methyl sites for hydroxylation is 2. The number of carbonyl (C=O) groups excluding carboxylic acids is 2. The summed E-state index contributed by atoms with van der Waals surface area (Å²) < 4.78 is 5.40. The molecular formula is C26H26N2O3. The van der Waals surface area contributed by atoms with Gasteiger partial charge in [0.25, 0.3) is 5.91 Å². The number of nitrogens with one attached hydrogen (secondary N) is 1. The molecule has 4 rings (SSSR count). The van der Waals surface area contributed by atoms with E-state index in [4.69, 9.17) is 4.74 Å². The summed E-state index contributed by atoms with van der Waals surface area (Å²) in [6, 6.07) is 20.5. The average Bonchev–Trinajstić information content (AvgIpc) is 2.81. The van der Waals surface area contributed by atoms with E-state index < -0.39 is 0 Å². The Balaban J connectivity index is 1.54. The third kappa shape index (κ3) is 4.67. The lowest BCUT2D eigenvalue weighted by molar-refractivity contribution is 0.0996. The molecule has 0 spiro atoms. The van der Waals surface area contributed by atoms with Gasteiger partial charge in [-0.1, -0.05) is 35.9 Å². The van der Waals surface area contributed by atoms with Crippen molar-refractivity contribution in [1.82, 2.24) is 0 Å². The van der Waals surface area contributed by atoms with E-state index in [2.05, 4.69) is 10.2 Å². The average molecular weight is 415 g/mol. The molecule has 0 radical (unpaired) electrons. The van der Waals surface area contributed by atoms with E-state index in [-0.39, 0.29) is 11.7 Å². The highest BCUT2D eigenvalue weighted by atomic mass is 16.5. The largest absolute Gasteiger partial charge is 0.378 e. The maximum Gasteiger partial charge on any atom is 0.256 e. The van der Waals surface area contributed by atoms with E-state index in [9.17, 15) is 9.59 Å². The Bertz CT molecular complexity index is 1100. The van der Waals surface area contributed by atoms with Crippen LogP contribution >= 0.6 is 0 Å². The third-order valence-corrected chi connectivity index (χ3v) is 5.56. The van der Waals surface area contributed by atoms with Gasteiger partial charge in [0.2, 0.25) is 0 Å². The van der Waals surface area contributed by atoms with Crippen molar-refractivity contribution in [3.63, 3.8) is 0 Å². The van der Waals surface area contributed by atoms with Crippen LogP contribution in [-0.4, -0.2) is 38.0 Å². The molecule has 1 amide bonds. The number of ketones is 1. The quantitative estimate of drug-likeness (QED) is 0.619. The molecule has 1 saturated heterocycles. The molecule has 31 heavy (non-hydrogen) atoms. The molecule has 0 saturated carbocycles. The number of rotatable bonds is 5. The van der Waals surface area contributed by atoms with Crippen LogP contribution < -0.4 is 10.2 Å². The molecule has 158 valence electrons. The number of hydrogen-bond donors (Lipinski definition) is 1. The van der Waals surface area contributed by atoms with Crippen LogP contribution in [0.15, 0.2) is 66.7 Å². The lowest BCUT2D eigenvalue weighted by atomic mass is 9.94. The highest BCUT2D eigenvalue weighted by molar-refractivity contribution is 6.18. The summed E-state index contributed by atoms with van der Waals surface area (Å²) in [7, 11) is 0. The van der Waals surface area contributed by atoms with E-state index in [0.717, 1.165) is 43.1 Å². The van der Waals surface area contributed by atoms with Gasteiger partial charge in [0.05, 0.1) is 18.8 Å². The van der Waals surface area contributed by atoms with Gasteiger partial charge < -0.3 is 15.0 Å². The van der Waals surface area contributed by atoms with Gasteiger partial charge in [-0.3, -0.25) is 9.59 Å². The first-order chi connectivity index (χ1) is 15.0. The minimum absolute atomic E-state index is 0.144. The maximum atomic E-state index is 13.2. The van der Waals surface area contributed by atoms with E-state index >= 15 is 0 Å². The standard InChI is InChI=1S/C26H26N2O3/c1-18-7-8-19(2)24(17-18)25(29)22-5-3-4-6-23(22)26(30)27-20-9-11-21(12-10-20)28-13-15-31-16-14-28/h3-12,17H,13-16H2,1-2H3,(H,27,30). The second kappa shape index (κ2) is 9.14. The third-order valence-electron chi connectivity index (χ3n) is 5.56. The first kappa shape index (κ1) is 20.8. The van der Waals surface area contributed by atoms with Gasteiger partial charge >= 0.3 is 0 Å². The van der Waals surface area contributed by atoms with Crippen LogP contribution in [-0.2, 0) is 4.74 Å². The summed E-state index contributed by atoms with van der Waals surface area (Å²) >= 11 is 0. The van der Waals surface area contributed by atoms with Crippen molar-refractivity contribution in [2.45, 2.75) is 13.8 Å². The zero-order chi connectivity index (χ0) is 21.8. The van der Waals surface area contributed by atoms with Gasteiger partial charge in [0.15, 0.2) is 5.78 Å². The zero-order valence-electron chi connectivity index (χ0n) is 17.9. The van der Waals surface area contributed by atoms with Gasteiger partial charge in [-0.05, 0) is 55.8 Å². The van der Waals surface area contributed by atoms with Gasteiger partial charge in [0, 0.05) is 35.6 Å². The monoisotopic (exact) mass is 414 g/mol. The Morgan fingerprint density at radius 1 is 0.839 bits per heavy atom. The Morgan fingerprint density at radius 3 is 2.23 bits per heavy atom. The van der Waals surface area contributed by atoms with Crippen molar-refractivity contribution in [2.24, 2.45) is 0 Å². The molecule has 1 heterocycles. The van der Waals surface area contributed by atoms with Gasteiger partial charge in [-0.2, -0.15) is 0 Å². The lowest BCUT2D eigenvalue weighted by Gasteiger charge is -2.28. The highest BCUT2D eigenvalue weighted by Gasteiger charge is 2.20. The van der Waals surface area contributed by atoms with Crippen LogP contribution in [0.25, 0.3) is 0 Å². The summed E-state index contributed by atoms with van der Waals surface area (Å²) in [6.45, 7) is 7.04. The summed E-state index contributed by atoms with van der Waals surface area (Å²) in [5.41, 5.74) is 5.09. The van der Waals surface area contributed by atoms with E-state index in [1.807, 2.05) is 56.3 Å². The number of amides is 1. The number of hydrogen-bond acceptors (Lipinski definition) is 4. The predicted octanol–water partition coefficient (Wildman–Crippen LogP) is 4.62. The van der Waals surface area contributed by atoms with Crippen LogP contribution in [0.2, 0.25) is 0 Å². The molecule has 1 aliphatic heterocycles. The summed E-state index contributed by atoms with van der Waals surface area (Å²) in [5.74, 6) is -0.442. The number of anilines is 2. The van der Waals surface area contributed by atoms with Gasteiger partial charge in [-0.15, -0.1) is 0 Å². The Morgan fingerprint density at radius 2 is 1.52 bits per heavy atom. The molecule has 3 aromatic rings. The zero-order valence-corrected chi connectivity index (χ0v) is 17.9. The maximum absolute atomic E-state index is 13.2. The van der Waals surface area contributed by atoms with Crippen molar-refractivity contribution < 1.29 is 14.3 Å². The SMILES string of the molecule is Cc1ccc(C)c(C(=O)c2ccccc2C(=O)Nc2ccc(N3CCOCC3)cc2)c1. The molecule has 5 nitrogen and oxygen atoms in total. The Labute approximate surface area is 182 Å². The molecule has 1 aliphatic rings. The van der Waals surface area contributed by atoms with Crippen LogP contribution in [0.1, 0.15) is 37.4 Å². The molecule has 0 aliphatic carbocycles. The molecule has 5 heteroatoms. The van der Waals surface area contributed by atoms with E-state index in [1.54, 1.807) is 24.3 Å². The fraction of sp³-hybridized carbons (Fsp3) is 0.231. The van der Waals surface area contributed by atoms with E-state index in [1.165, 1.54) is 0 Å². The number of ether oxygens (including phenoxy) is 1. The minimum atomic E-state index is -0.298. The Kier molecular flexibility index (Phi) is 6.14. The van der Waals surface area contributed by atoms with Crippen LogP contribution in [0, 0.1) is 13.8 Å². The van der Waals surface area contributed by atoms with Crippen LogP contribution in [0.4, 0.5) is 11.4 Å². The first-order valence-corrected chi connectivity index (χ1v) is 10.5. The minimum Gasteiger partial charge on any atom is -0.378 e. The molecule has 3 aromatic carbocycles. The number of morpholine rings is 1. The highest BCUT2D eigenvalue weighted by Crippen LogP contribution is 2.22. The lowest BCUT2D eigenvalue weighted by Crippen LogP contribution is -2.36. The predicted molar refractivity (Wildman–Crippen MR) is 123 cm³/mol. The van der Waals surface area contributed by atoms with Crippen molar-refractivity contribution in [1.29, 1.82) is 0 Å². The second-order valence-electron chi connectivity index (χ2n) is 7.79. The normalized spacial score (nSPS) is 13.7. The summed E-state index contributed by atoms with van der Waals surface area (Å²) in [5, 5.41) is 2.93. The van der Waals surface area contributed by atoms with Gasteiger partial charge in [0.1, 0.15) is 0 Å². The molecular weight excluding hydrogens is 388 g/mol. The smallest absolute Gasteiger partial charge is 0.256 e. The molecule has 0 unspecified atom stereocenters. The molecule has 0 aromatic heterocycles. The van der Waals surface area contributed by atoms with Crippen molar-refractivity contribution in [3.05, 3.63) is 94.5 Å². The van der Waals surface area contributed by atoms with Crippen LogP contribution in [0.3, 0.4) is 0 Å². The van der Waals surface area contributed by atoms with Crippen molar-refractivity contribution in [3.8, 4) is 0 Å². The van der Waals surface area contributed by atoms with Gasteiger partial charge in [-0.25, -0.2) is 0 Å². The molecule has 0 atom stereocenters. The summed E-state index contributed by atoms with van der Waals surface area (Å²) in [4.78, 5) is 28.5. The fourth-order valence-electron chi connectivity index (χ4n) is 3.78. The molecule has 0 bridgehead atoms. The molecule has 1 N–H and O–H groups in total. The van der Waals surface area contributed by atoms with E-state index in [0.29, 0.717) is 22.4 Å². The first-order valence-electron chi connectivity index (χ1n) is 10.5. The Hall–Kier alpha value is -3.44. The van der Waals surface area contributed by atoms with Crippen molar-refractivity contribution in [2.75, 3.05) is 36.5 Å². The summed E-state index contributed by atoms with van der Waals surface area (Å²) in [6.07, 6.45) is 0. The molecule has 1 fully saturated rings. The second-order valence-corrected chi connectivity index (χ2v) is 7.79. The number of carbonyl (C=O) groups is 2. The van der Waals surface area contributed by atoms with Crippen molar-refractivity contribution >= 4 is 23.1 Å². The topological polar surface area (TPSA) is 58.6 Å². The number of benzene rings is 3. The van der Waals surface area contributed by atoms with Crippen LogP contribution in [0.5, 0.6) is 0 Å². The fourth-order valence-corrected chi connectivity index (χ4v) is 3.78. The number of nitrogens with zero attached hydrogens (tertiary/aromatic N) is 1.